The van der Waals surface area contributed by atoms with Crippen LogP contribution in [-0.2, 0) is 0 Å². The van der Waals surface area contributed by atoms with E-state index in [-0.39, 0.29) is 0 Å². The second-order valence-electron chi connectivity index (χ2n) is 2.65. The lowest BCUT2D eigenvalue weighted by molar-refractivity contribution is 0.528. The molecule has 0 amide bonds. The number of hydrogen-bond acceptors (Lipinski definition) is 4. The van der Waals surface area contributed by atoms with E-state index in [4.69, 9.17) is 16.9 Å². The van der Waals surface area contributed by atoms with Gasteiger partial charge >= 0.3 is 0 Å². The summed E-state index contributed by atoms with van der Waals surface area (Å²) in [6, 6.07) is 6.82. The Morgan fingerprint density at radius 3 is 3.13 bits per heavy atom. The summed E-state index contributed by atoms with van der Waals surface area (Å²) < 4.78 is 14.2. The SMILES string of the molecule is N#CC(F)Sc1nc2cc(Cl)ccc2s1. The molecule has 0 radical (unpaired) electrons. The van der Waals surface area contributed by atoms with E-state index in [2.05, 4.69) is 4.98 Å². The number of nitrogens with zero attached hydrogens (tertiary/aromatic N) is 2. The number of alkyl halides is 1. The Morgan fingerprint density at radius 2 is 2.40 bits per heavy atom. The second-order valence-corrected chi connectivity index (χ2v) is 5.42. The molecule has 0 N–H and O–H groups in total. The van der Waals surface area contributed by atoms with Gasteiger partial charge in [0.05, 0.1) is 10.2 Å². The van der Waals surface area contributed by atoms with Crippen molar-refractivity contribution in [3.63, 3.8) is 0 Å². The molecule has 1 aromatic heterocycles. The van der Waals surface area contributed by atoms with E-state index in [1.165, 1.54) is 17.4 Å². The number of halogens is 2. The third-order valence-electron chi connectivity index (χ3n) is 1.64. The highest BCUT2D eigenvalue weighted by Crippen LogP contribution is 2.33. The minimum absolute atomic E-state index is 0.543. The standard InChI is InChI=1S/C9H4ClFN2S2/c10-5-1-2-7-6(3-5)13-9(14-7)15-8(11)4-12/h1-3,8H. The first-order valence-electron chi connectivity index (χ1n) is 3.95. The highest BCUT2D eigenvalue weighted by Gasteiger charge is 2.11. The van der Waals surface area contributed by atoms with Crippen LogP contribution >= 0.6 is 34.7 Å². The summed E-state index contributed by atoms with van der Waals surface area (Å²) in [5.74, 6) is 0. The van der Waals surface area contributed by atoms with Crippen LogP contribution in [0.4, 0.5) is 4.39 Å². The average Bonchev–Trinajstić information content (AvgIpc) is 2.59. The van der Waals surface area contributed by atoms with Gasteiger partial charge in [-0.15, -0.1) is 11.3 Å². The number of fused-ring (bicyclic) bond motifs is 1. The zero-order valence-corrected chi connectivity index (χ0v) is 9.67. The van der Waals surface area contributed by atoms with Gasteiger partial charge < -0.3 is 0 Å². The minimum atomic E-state index is -1.57. The summed E-state index contributed by atoms with van der Waals surface area (Å²) in [6.45, 7) is 0. The number of aromatic nitrogens is 1. The molecule has 0 saturated carbocycles. The fraction of sp³-hybridized carbons (Fsp3) is 0.111. The summed E-state index contributed by atoms with van der Waals surface area (Å²) in [5, 5.41) is 8.92. The van der Waals surface area contributed by atoms with E-state index in [9.17, 15) is 4.39 Å². The maximum absolute atomic E-state index is 12.8. The molecule has 1 atom stereocenters. The fourth-order valence-corrected chi connectivity index (χ4v) is 2.98. The minimum Gasteiger partial charge on any atom is -0.229 e. The van der Waals surface area contributed by atoms with Gasteiger partial charge in [0.1, 0.15) is 6.07 Å². The van der Waals surface area contributed by atoms with Crippen molar-refractivity contribution >= 4 is 44.9 Å². The molecule has 0 bridgehead atoms. The third-order valence-corrected chi connectivity index (χ3v) is 3.85. The van der Waals surface area contributed by atoms with Crippen LogP contribution in [-0.4, -0.2) is 10.5 Å². The molecule has 0 aliphatic carbocycles. The molecule has 2 rings (SSSR count). The first kappa shape index (κ1) is 10.7. The Bertz CT molecular complexity index is 534. The number of thiazole rings is 1. The second kappa shape index (κ2) is 4.35. The molecule has 0 saturated heterocycles. The van der Waals surface area contributed by atoms with E-state index >= 15 is 0 Å². The molecule has 1 heterocycles. The van der Waals surface area contributed by atoms with Gasteiger partial charge in [0.2, 0.25) is 5.50 Å². The number of rotatable bonds is 2. The first-order chi connectivity index (χ1) is 7.19. The smallest absolute Gasteiger partial charge is 0.229 e. The Labute approximate surface area is 98.7 Å². The van der Waals surface area contributed by atoms with Crippen molar-refractivity contribution in [3.8, 4) is 6.07 Å². The maximum Gasteiger partial charge on any atom is 0.238 e. The topological polar surface area (TPSA) is 36.7 Å². The van der Waals surface area contributed by atoms with Crippen molar-refractivity contribution in [2.24, 2.45) is 0 Å². The zero-order valence-electron chi connectivity index (χ0n) is 7.28. The van der Waals surface area contributed by atoms with Crippen LogP contribution in [0.3, 0.4) is 0 Å². The Morgan fingerprint density at radius 1 is 1.60 bits per heavy atom. The van der Waals surface area contributed by atoms with Crippen LogP contribution in [0, 0.1) is 11.3 Å². The molecule has 6 heteroatoms. The molecule has 76 valence electrons. The van der Waals surface area contributed by atoms with Crippen molar-refractivity contribution in [3.05, 3.63) is 23.2 Å². The lowest BCUT2D eigenvalue weighted by atomic mass is 10.3. The van der Waals surface area contributed by atoms with Gasteiger partial charge in [-0.05, 0) is 30.0 Å². The zero-order chi connectivity index (χ0) is 10.8. The third kappa shape index (κ3) is 2.40. The van der Waals surface area contributed by atoms with Crippen molar-refractivity contribution in [1.82, 2.24) is 4.98 Å². The Kier molecular flexibility index (Phi) is 3.10. The van der Waals surface area contributed by atoms with Gasteiger partial charge in [0.15, 0.2) is 4.34 Å². The van der Waals surface area contributed by atoms with E-state index < -0.39 is 5.50 Å². The lowest BCUT2D eigenvalue weighted by Gasteiger charge is -1.91. The average molecular weight is 259 g/mol. The van der Waals surface area contributed by atoms with Gasteiger partial charge in [-0.1, -0.05) is 11.6 Å². The highest BCUT2D eigenvalue weighted by atomic mass is 35.5. The molecule has 0 aliphatic rings. The summed E-state index contributed by atoms with van der Waals surface area (Å²) in [7, 11) is 0. The van der Waals surface area contributed by atoms with Crippen LogP contribution < -0.4 is 0 Å². The number of thioether (sulfide) groups is 1. The van der Waals surface area contributed by atoms with Crippen molar-refractivity contribution in [1.29, 1.82) is 5.26 Å². The predicted octanol–water partition coefficient (Wildman–Crippen LogP) is 3.86. The Hall–Kier alpha value is -0.830. The highest BCUT2D eigenvalue weighted by molar-refractivity contribution is 8.01. The Balaban J connectivity index is 2.35. The molecule has 0 aliphatic heterocycles. The first-order valence-corrected chi connectivity index (χ1v) is 6.03. The summed E-state index contributed by atoms with van der Waals surface area (Å²) in [6.07, 6.45) is 0. The normalized spacial score (nSPS) is 12.6. The predicted molar refractivity (Wildman–Crippen MR) is 61.0 cm³/mol. The van der Waals surface area contributed by atoms with Gasteiger partial charge in [-0.3, -0.25) is 0 Å². The summed E-state index contributed by atoms with van der Waals surface area (Å²) >= 11 is 7.96. The van der Waals surface area contributed by atoms with Gasteiger partial charge in [0.25, 0.3) is 0 Å². The molecular weight excluding hydrogens is 255 g/mol. The van der Waals surface area contributed by atoms with Crippen molar-refractivity contribution in [2.45, 2.75) is 9.84 Å². The van der Waals surface area contributed by atoms with Gasteiger partial charge in [-0.2, -0.15) is 5.26 Å². The number of nitriles is 1. The van der Waals surface area contributed by atoms with E-state index in [1.807, 2.05) is 6.07 Å². The van der Waals surface area contributed by atoms with Gasteiger partial charge in [0, 0.05) is 5.02 Å². The monoisotopic (exact) mass is 258 g/mol. The van der Waals surface area contributed by atoms with E-state index in [1.54, 1.807) is 12.1 Å². The van der Waals surface area contributed by atoms with Crippen LogP contribution in [0.5, 0.6) is 0 Å². The largest absolute Gasteiger partial charge is 0.238 e. The molecule has 1 unspecified atom stereocenters. The maximum atomic E-state index is 12.8. The van der Waals surface area contributed by atoms with Crippen LogP contribution in [0.25, 0.3) is 10.2 Å². The van der Waals surface area contributed by atoms with Crippen molar-refractivity contribution < 1.29 is 4.39 Å². The van der Waals surface area contributed by atoms with E-state index in [0.717, 1.165) is 22.0 Å². The molecule has 15 heavy (non-hydrogen) atoms. The number of hydrogen-bond donors (Lipinski definition) is 0. The summed E-state index contributed by atoms with van der Waals surface area (Å²) in [5.41, 5.74) is -0.832. The van der Waals surface area contributed by atoms with Crippen LogP contribution in [0.15, 0.2) is 22.5 Å². The molecule has 0 fully saturated rings. The quantitative estimate of drug-likeness (QED) is 0.768. The van der Waals surface area contributed by atoms with Crippen LogP contribution in [0.2, 0.25) is 5.02 Å². The summed E-state index contributed by atoms with van der Waals surface area (Å²) in [4.78, 5) is 4.17. The molecule has 1 aromatic carbocycles. The fourth-order valence-electron chi connectivity index (χ4n) is 1.04. The molecular formula is C9H4ClFN2S2. The molecule has 2 aromatic rings. The molecule has 2 nitrogen and oxygen atoms in total. The van der Waals surface area contributed by atoms with Gasteiger partial charge in [-0.25, -0.2) is 9.37 Å². The number of benzene rings is 1. The van der Waals surface area contributed by atoms with E-state index in [0.29, 0.717) is 9.36 Å². The van der Waals surface area contributed by atoms with Crippen LogP contribution in [0.1, 0.15) is 0 Å². The molecule has 0 spiro atoms. The lowest BCUT2D eigenvalue weighted by Crippen LogP contribution is -1.85. The van der Waals surface area contributed by atoms with Crippen molar-refractivity contribution in [2.75, 3.05) is 0 Å².